The van der Waals surface area contributed by atoms with Crippen LogP contribution in [0.1, 0.15) is 45.2 Å². The summed E-state index contributed by atoms with van der Waals surface area (Å²) in [7, 11) is 0. The maximum Gasteiger partial charge on any atom is 0.243 e. The highest BCUT2D eigenvalue weighted by molar-refractivity contribution is 6.31. The number of hydrogen-bond donors (Lipinski definition) is 1. The Balaban J connectivity index is 2.36. The van der Waals surface area contributed by atoms with Crippen LogP contribution in [-0.2, 0) is 22.6 Å². The van der Waals surface area contributed by atoms with Crippen LogP contribution in [0.2, 0.25) is 10.0 Å². The number of nitrogens with one attached hydrogen (secondary N) is 1. The van der Waals surface area contributed by atoms with E-state index in [2.05, 4.69) is 5.32 Å². The van der Waals surface area contributed by atoms with Crippen molar-refractivity contribution in [3.8, 4) is 0 Å². The van der Waals surface area contributed by atoms with E-state index in [-0.39, 0.29) is 35.4 Å². The van der Waals surface area contributed by atoms with E-state index in [9.17, 15) is 14.0 Å². The Morgan fingerprint density at radius 1 is 1.10 bits per heavy atom. The van der Waals surface area contributed by atoms with Crippen LogP contribution in [0.3, 0.4) is 0 Å². The van der Waals surface area contributed by atoms with Crippen LogP contribution >= 0.6 is 23.2 Å². The molecule has 7 heteroatoms. The fourth-order valence-electron chi connectivity index (χ4n) is 3.11. The van der Waals surface area contributed by atoms with Crippen molar-refractivity contribution in [1.29, 1.82) is 0 Å². The van der Waals surface area contributed by atoms with Gasteiger partial charge < -0.3 is 10.2 Å². The van der Waals surface area contributed by atoms with E-state index >= 15 is 0 Å². The molecule has 2 aromatic carbocycles. The molecule has 0 aliphatic carbocycles. The third kappa shape index (κ3) is 6.71. The van der Waals surface area contributed by atoms with Crippen LogP contribution in [0.15, 0.2) is 42.5 Å². The monoisotopic (exact) mass is 452 g/mol. The molecule has 1 N–H and O–H groups in total. The Morgan fingerprint density at radius 2 is 1.73 bits per heavy atom. The van der Waals surface area contributed by atoms with Crippen LogP contribution in [-0.4, -0.2) is 28.3 Å². The summed E-state index contributed by atoms with van der Waals surface area (Å²) in [6.45, 7) is 7.66. The Kier molecular flexibility index (Phi) is 8.27. The van der Waals surface area contributed by atoms with E-state index in [1.165, 1.54) is 17.0 Å². The lowest BCUT2D eigenvalue weighted by atomic mass is 10.0. The van der Waals surface area contributed by atoms with Gasteiger partial charge in [-0.15, -0.1) is 0 Å². The van der Waals surface area contributed by atoms with Crippen molar-refractivity contribution in [1.82, 2.24) is 10.2 Å². The fourth-order valence-corrected chi connectivity index (χ4v) is 3.47. The van der Waals surface area contributed by atoms with Gasteiger partial charge in [0, 0.05) is 27.7 Å². The molecule has 0 aromatic heterocycles. The van der Waals surface area contributed by atoms with Crippen molar-refractivity contribution in [3.05, 3.63) is 69.5 Å². The average molecular weight is 453 g/mol. The first kappa shape index (κ1) is 24.2. The van der Waals surface area contributed by atoms with Gasteiger partial charge in [-0.1, -0.05) is 48.3 Å². The van der Waals surface area contributed by atoms with Crippen molar-refractivity contribution >= 4 is 35.0 Å². The summed E-state index contributed by atoms with van der Waals surface area (Å²) in [6.07, 6.45) is 0.171. The minimum Gasteiger partial charge on any atom is -0.350 e. The molecule has 0 bridgehead atoms. The highest BCUT2D eigenvalue weighted by atomic mass is 35.5. The zero-order valence-electron chi connectivity index (χ0n) is 17.6. The van der Waals surface area contributed by atoms with Crippen molar-refractivity contribution in [2.75, 3.05) is 0 Å². The summed E-state index contributed by atoms with van der Waals surface area (Å²) in [6, 6.07) is 10.6. The second kappa shape index (κ2) is 10.3. The van der Waals surface area contributed by atoms with Crippen molar-refractivity contribution in [2.45, 2.75) is 58.7 Å². The second-order valence-electron chi connectivity index (χ2n) is 8.19. The molecule has 162 valence electrons. The van der Waals surface area contributed by atoms with Gasteiger partial charge in [0.25, 0.3) is 0 Å². The highest BCUT2D eigenvalue weighted by Crippen LogP contribution is 2.22. The Morgan fingerprint density at radius 3 is 2.27 bits per heavy atom. The molecule has 1 unspecified atom stereocenters. The minimum atomic E-state index is -0.710. The molecule has 30 heavy (non-hydrogen) atoms. The molecule has 0 saturated carbocycles. The van der Waals surface area contributed by atoms with E-state index in [4.69, 9.17) is 23.2 Å². The molecular weight excluding hydrogens is 426 g/mol. The lowest BCUT2D eigenvalue weighted by Gasteiger charge is -2.33. The summed E-state index contributed by atoms with van der Waals surface area (Å²) >= 11 is 12.1. The molecule has 4 nitrogen and oxygen atoms in total. The normalized spacial score (nSPS) is 12.4. The number of carbonyl (C=O) groups excluding carboxylic acids is 2. The van der Waals surface area contributed by atoms with Crippen LogP contribution in [0.25, 0.3) is 0 Å². The lowest BCUT2D eigenvalue weighted by Crippen LogP contribution is -2.53. The third-order valence-corrected chi connectivity index (χ3v) is 5.15. The van der Waals surface area contributed by atoms with Gasteiger partial charge in [-0.3, -0.25) is 9.59 Å². The van der Waals surface area contributed by atoms with E-state index in [1.807, 2.05) is 27.7 Å². The molecule has 0 aliphatic heterocycles. The quantitative estimate of drug-likeness (QED) is 0.611. The van der Waals surface area contributed by atoms with Gasteiger partial charge in [0.05, 0.1) is 6.42 Å². The zero-order chi connectivity index (χ0) is 22.5. The van der Waals surface area contributed by atoms with E-state index in [0.717, 1.165) is 5.56 Å². The number of halogens is 3. The number of nitrogens with zero attached hydrogens (tertiary/aromatic N) is 1. The molecule has 0 radical (unpaired) electrons. The van der Waals surface area contributed by atoms with Gasteiger partial charge >= 0.3 is 0 Å². The molecule has 0 spiro atoms. The molecule has 0 heterocycles. The number of hydrogen-bond acceptors (Lipinski definition) is 2. The largest absolute Gasteiger partial charge is 0.350 e. The van der Waals surface area contributed by atoms with Gasteiger partial charge in [-0.05, 0) is 57.0 Å². The first-order chi connectivity index (χ1) is 14.0. The van der Waals surface area contributed by atoms with Gasteiger partial charge in [0.15, 0.2) is 0 Å². The average Bonchev–Trinajstić information content (AvgIpc) is 2.64. The number of benzene rings is 2. The Labute approximate surface area is 187 Å². The summed E-state index contributed by atoms with van der Waals surface area (Å²) < 4.78 is 14.3. The van der Waals surface area contributed by atoms with Gasteiger partial charge in [0.2, 0.25) is 11.8 Å². The molecule has 2 aromatic rings. The second-order valence-corrected chi connectivity index (χ2v) is 9.03. The number of carbonyl (C=O) groups is 2. The molecule has 1 atom stereocenters. The predicted octanol–water partition coefficient (Wildman–Crippen LogP) is 5.40. The third-order valence-electron chi connectivity index (χ3n) is 4.54. The van der Waals surface area contributed by atoms with E-state index in [0.29, 0.717) is 11.4 Å². The maximum absolute atomic E-state index is 14.3. The van der Waals surface area contributed by atoms with E-state index in [1.54, 1.807) is 30.3 Å². The zero-order valence-corrected chi connectivity index (χ0v) is 19.1. The fraction of sp³-hybridized carbons (Fsp3) is 0.391. The Bertz CT molecular complexity index is 875. The standard InChI is InChI=1S/C23H27Cl2FN2O2/c1-5-20(22(30)27-23(2,3)4)28(14-15-9-11-16(24)12-10-15)21(29)13-17-18(25)7-6-8-19(17)26/h6-12,20H,5,13-14H2,1-4H3,(H,27,30). The van der Waals surface area contributed by atoms with Crippen LogP contribution < -0.4 is 5.32 Å². The first-order valence-electron chi connectivity index (χ1n) is 9.80. The van der Waals surface area contributed by atoms with Gasteiger partial charge in [-0.2, -0.15) is 0 Å². The summed E-state index contributed by atoms with van der Waals surface area (Å²) in [4.78, 5) is 27.7. The summed E-state index contributed by atoms with van der Waals surface area (Å²) in [5.41, 5.74) is 0.486. The van der Waals surface area contributed by atoms with Crippen molar-refractivity contribution < 1.29 is 14.0 Å². The smallest absolute Gasteiger partial charge is 0.243 e. The summed E-state index contributed by atoms with van der Waals surface area (Å²) in [5.74, 6) is -1.19. The Hall–Kier alpha value is -2.11. The maximum atomic E-state index is 14.3. The van der Waals surface area contributed by atoms with Crippen LogP contribution in [0.4, 0.5) is 4.39 Å². The molecule has 0 saturated heterocycles. The molecular formula is C23H27Cl2FN2O2. The SMILES string of the molecule is CCC(C(=O)NC(C)(C)C)N(Cc1ccc(Cl)cc1)C(=O)Cc1c(F)cccc1Cl. The topological polar surface area (TPSA) is 49.4 Å². The predicted molar refractivity (Wildman–Crippen MR) is 119 cm³/mol. The first-order valence-corrected chi connectivity index (χ1v) is 10.6. The molecule has 2 amide bonds. The number of rotatable bonds is 7. The van der Waals surface area contributed by atoms with Crippen LogP contribution in [0, 0.1) is 5.82 Å². The van der Waals surface area contributed by atoms with Crippen molar-refractivity contribution in [2.24, 2.45) is 0 Å². The van der Waals surface area contributed by atoms with Crippen LogP contribution in [0.5, 0.6) is 0 Å². The molecule has 0 aliphatic rings. The van der Waals surface area contributed by atoms with Gasteiger partial charge in [0.1, 0.15) is 11.9 Å². The van der Waals surface area contributed by atoms with Crippen molar-refractivity contribution in [3.63, 3.8) is 0 Å². The molecule has 0 fully saturated rings. The summed E-state index contributed by atoms with van der Waals surface area (Å²) in [5, 5.41) is 3.69. The minimum absolute atomic E-state index is 0.122. The highest BCUT2D eigenvalue weighted by Gasteiger charge is 2.31. The molecule has 2 rings (SSSR count). The van der Waals surface area contributed by atoms with Gasteiger partial charge in [-0.25, -0.2) is 4.39 Å². The van der Waals surface area contributed by atoms with E-state index < -0.39 is 17.4 Å². The number of amides is 2. The lowest BCUT2D eigenvalue weighted by molar-refractivity contribution is -0.141.